The van der Waals surface area contributed by atoms with Gasteiger partial charge in [0.15, 0.2) is 5.78 Å². The molecule has 4 fully saturated rings. The largest absolute Gasteiger partial charge is 0.461 e. The summed E-state index contributed by atoms with van der Waals surface area (Å²) in [6, 6.07) is 4.24. The van der Waals surface area contributed by atoms with Crippen LogP contribution in [0.5, 0.6) is 0 Å². The number of Topliss-reactive ketones (excluding diaryl/α,β-unsaturated/α-hetero) is 1. The van der Waals surface area contributed by atoms with Crippen LogP contribution < -0.4 is 0 Å². The fraction of sp³-hybridized carbons (Fsp3) is 0.758. The lowest BCUT2D eigenvalue weighted by Gasteiger charge is -2.62. The van der Waals surface area contributed by atoms with Gasteiger partial charge in [-0.3, -0.25) is 19.7 Å². The van der Waals surface area contributed by atoms with Gasteiger partial charge in [0.25, 0.3) is 5.69 Å². The summed E-state index contributed by atoms with van der Waals surface area (Å²) in [5.41, 5.74) is 0.666. The number of hydrogen-bond acceptors (Lipinski definition) is 7. The third-order valence-corrected chi connectivity index (χ3v) is 12.3. The molecule has 5 rings (SSSR count). The predicted octanol–water partition coefficient (Wildman–Crippen LogP) is 6.25. The molecule has 0 aliphatic heterocycles. The first kappa shape index (κ1) is 30.1. The van der Waals surface area contributed by atoms with Crippen LogP contribution in [0.2, 0.25) is 0 Å². The summed E-state index contributed by atoms with van der Waals surface area (Å²) in [7, 11) is 0. The second-order valence-electron chi connectivity index (χ2n) is 14.3. The van der Waals surface area contributed by atoms with Gasteiger partial charge in [-0.25, -0.2) is 0 Å². The molecular formula is C33H47NO7. The maximum Gasteiger partial charge on any atom is 0.306 e. The highest BCUT2D eigenvalue weighted by Gasteiger charge is 2.62. The van der Waals surface area contributed by atoms with Crippen LogP contribution in [-0.4, -0.2) is 39.1 Å². The number of nitro groups is 1. The first-order valence-corrected chi connectivity index (χ1v) is 15.6. The van der Waals surface area contributed by atoms with Crippen molar-refractivity contribution in [3.63, 3.8) is 0 Å². The van der Waals surface area contributed by atoms with Gasteiger partial charge in [0.2, 0.25) is 0 Å². The molecule has 2 N–H and O–H groups in total. The highest BCUT2D eigenvalue weighted by atomic mass is 16.6. The molecule has 0 amide bonds. The van der Waals surface area contributed by atoms with E-state index in [2.05, 4.69) is 20.8 Å². The summed E-state index contributed by atoms with van der Waals surface area (Å²) in [6.45, 7) is 8.26. The van der Waals surface area contributed by atoms with Crippen molar-refractivity contribution in [3.8, 4) is 0 Å². The normalized spacial score (nSPS) is 38.7. The summed E-state index contributed by atoms with van der Waals surface area (Å²) < 4.78 is 5.44. The predicted molar refractivity (Wildman–Crippen MR) is 154 cm³/mol. The standard InChI is InChI=1S/C33H47NO7/c1-19(5-10-30(38)41-18-22-7-6-21(20(2)35)15-28(22)34(39)40)25-8-9-26-31-27(12-14-33(25,26)4)32(3)13-11-24(36)16-23(32)17-29(31)37/h6-7,15,19,23-27,29,31,36-37H,5,8-14,16-18H2,1-4H3. The summed E-state index contributed by atoms with van der Waals surface area (Å²) >= 11 is 0. The minimum atomic E-state index is -0.551. The maximum absolute atomic E-state index is 12.7. The minimum Gasteiger partial charge on any atom is -0.461 e. The van der Waals surface area contributed by atoms with E-state index in [0.29, 0.717) is 41.9 Å². The van der Waals surface area contributed by atoms with E-state index in [0.717, 1.165) is 51.4 Å². The average Bonchev–Trinajstić information content (AvgIpc) is 3.28. The quantitative estimate of drug-likeness (QED) is 0.164. The van der Waals surface area contributed by atoms with Crippen LogP contribution in [-0.2, 0) is 16.1 Å². The van der Waals surface area contributed by atoms with E-state index in [1.165, 1.54) is 25.1 Å². The molecule has 4 saturated carbocycles. The molecule has 4 aliphatic carbocycles. The molecule has 0 radical (unpaired) electrons. The molecule has 41 heavy (non-hydrogen) atoms. The Morgan fingerprint density at radius 3 is 2.49 bits per heavy atom. The van der Waals surface area contributed by atoms with Gasteiger partial charge in [-0.15, -0.1) is 0 Å². The summed E-state index contributed by atoms with van der Waals surface area (Å²) in [5, 5.41) is 33.3. The van der Waals surface area contributed by atoms with E-state index < -0.39 is 4.92 Å². The molecule has 0 spiro atoms. The van der Waals surface area contributed by atoms with Gasteiger partial charge in [0.05, 0.1) is 22.7 Å². The topological polar surface area (TPSA) is 127 Å². The maximum atomic E-state index is 12.7. The SMILES string of the molecule is CC(=O)c1ccc(COC(=O)CCC(C)C2CCC3C4C(O)CC5CC(O)CCC5(C)C4CCC23C)c([N+](=O)[O-])c1. The van der Waals surface area contributed by atoms with Crippen LogP contribution in [0, 0.1) is 56.5 Å². The van der Waals surface area contributed by atoms with Gasteiger partial charge in [0.1, 0.15) is 6.61 Å². The van der Waals surface area contributed by atoms with E-state index in [4.69, 9.17) is 4.74 Å². The van der Waals surface area contributed by atoms with Crippen molar-refractivity contribution < 1.29 is 29.5 Å². The van der Waals surface area contributed by atoms with Gasteiger partial charge >= 0.3 is 5.97 Å². The Morgan fingerprint density at radius 1 is 1.07 bits per heavy atom. The molecule has 8 nitrogen and oxygen atoms in total. The number of ketones is 1. The summed E-state index contributed by atoms with van der Waals surface area (Å²) in [6.07, 6.45) is 8.51. The van der Waals surface area contributed by atoms with Crippen molar-refractivity contribution in [2.75, 3.05) is 0 Å². The lowest BCUT2D eigenvalue weighted by molar-refractivity contribution is -0.385. The van der Waals surface area contributed by atoms with Crippen molar-refractivity contribution >= 4 is 17.4 Å². The van der Waals surface area contributed by atoms with Crippen LogP contribution in [0.25, 0.3) is 0 Å². The van der Waals surface area contributed by atoms with Crippen LogP contribution >= 0.6 is 0 Å². The Kier molecular flexibility index (Phi) is 8.38. The van der Waals surface area contributed by atoms with E-state index in [1.807, 2.05) is 0 Å². The van der Waals surface area contributed by atoms with Crippen molar-refractivity contribution in [3.05, 3.63) is 39.4 Å². The Bertz CT molecular complexity index is 1180. The number of nitro benzene ring substituents is 1. The number of ether oxygens (including phenoxy) is 1. The number of aliphatic hydroxyl groups excluding tert-OH is 2. The van der Waals surface area contributed by atoms with Gasteiger partial charge in [-0.2, -0.15) is 0 Å². The first-order chi connectivity index (χ1) is 19.3. The van der Waals surface area contributed by atoms with Gasteiger partial charge in [0, 0.05) is 18.1 Å². The molecule has 1 aromatic carbocycles. The molecular weight excluding hydrogens is 522 g/mol. The number of carbonyl (C=O) groups excluding carboxylic acids is 2. The van der Waals surface area contributed by atoms with E-state index in [-0.39, 0.29) is 64.6 Å². The lowest BCUT2D eigenvalue weighted by Crippen LogP contribution is -2.58. The number of hydrogen-bond donors (Lipinski definition) is 2. The van der Waals surface area contributed by atoms with Gasteiger partial charge in [-0.1, -0.05) is 26.8 Å². The van der Waals surface area contributed by atoms with Crippen LogP contribution in [0.15, 0.2) is 18.2 Å². The Labute approximate surface area is 243 Å². The Morgan fingerprint density at radius 2 is 1.78 bits per heavy atom. The summed E-state index contributed by atoms with van der Waals surface area (Å²) in [5.74, 6) is 1.90. The molecule has 0 heterocycles. The number of esters is 1. The molecule has 0 aromatic heterocycles. The molecule has 0 bridgehead atoms. The van der Waals surface area contributed by atoms with Gasteiger partial charge < -0.3 is 14.9 Å². The molecule has 226 valence electrons. The van der Waals surface area contributed by atoms with Crippen molar-refractivity contribution in [2.24, 2.45) is 46.3 Å². The van der Waals surface area contributed by atoms with Crippen molar-refractivity contribution in [1.82, 2.24) is 0 Å². The number of fused-ring (bicyclic) bond motifs is 5. The second kappa shape index (κ2) is 11.4. The van der Waals surface area contributed by atoms with Crippen molar-refractivity contribution in [2.45, 2.75) is 111 Å². The number of benzene rings is 1. The molecule has 10 unspecified atom stereocenters. The Balaban J connectivity index is 1.19. The third-order valence-electron chi connectivity index (χ3n) is 12.3. The smallest absolute Gasteiger partial charge is 0.306 e. The van der Waals surface area contributed by atoms with Crippen LogP contribution in [0.3, 0.4) is 0 Å². The Hall–Kier alpha value is -2.32. The zero-order chi connectivity index (χ0) is 29.7. The first-order valence-electron chi connectivity index (χ1n) is 15.6. The van der Waals surface area contributed by atoms with Crippen LogP contribution in [0.4, 0.5) is 5.69 Å². The number of nitrogens with zero attached hydrogens (tertiary/aromatic N) is 1. The van der Waals surface area contributed by atoms with E-state index >= 15 is 0 Å². The summed E-state index contributed by atoms with van der Waals surface area (Å²) in [4.78, 5) is 35.2. The van der Waals surface area contributed by atoms with E-state index in [9.17, 15) is 29.9 Å². The monoisotopic (exact) mass is 569 g/mol. The zero-order valence-electron chi connectivity index (χ0n) is 25.0. The molecule has 0 saturated heterocycles. The highest BCUT2D eigenvalue weighted by molar-refractivity contribution is 5.94. The number of rotatable bonds is 8. The minimum absolute atomic E-state index is 0.141. The second-order valence-corrected chi connectivity index (χ2v) is 14.3. The number of aliphatic hydroxyl groups is 2. The van der Waals surface area contributed by atoms with E-state index in [1.54, 1.807) is 0 Å². The number of carbonyl (C=O) groups is 2. The fourth-order valence-corrected chi connectivity index (χ4v) is 10.0. The third kappa shape index (κ3) is 5.47. The average molecular weight is 570 g/mol. The molecule has 10 atom stereocenters. The molecule has 4 aliphatic rings. The zero-order valence-corrected chi connectivity index (χ0v) is 25.0. The highest BCUT2D eigenvalue weighted by Crippen LogP contribution is 2.68. The van der Waals surface area contributed by atoms with Gasteiger partial charge in [-0.05, 0) is 117 Å². The molecule has 8 heteroatoms. The lowest BCUT2D eigenvalue weighted by atomic mass is 9.43. The fourth-order valence-electron chi connectivity index (χ4n) is 10.0. The van der Waals surface area contributed by atoms with Crippen LogP contribution in [0.1, 0.15) is 108 Å². The van der Waals surface area contributed by atoms with Crippen molar-refractivity contribution in [1.29, 1.82) is 0 Å². The molecule has 1 aromatic rings.